The first-order chi connectivity index (χ1) is 15.6. The quantitative estimate of drug-likeness (QED) is 0.736. The van der Waals surface area contributed by atoms with Gasteiger partial charge in [-0.15, -0.1) is 0 Å². The van der Waals surface area contributed by atoms with E-state index < -0.39 is 0 Å². The van der Waals surface area contributed by atoms with Crippen molar-refractivity contribution in [1.29, 1.82) is 5.26 Å². The molecule has 1 aromatic heterocycles. The van der Waals surface area contributed by atoms with Crippen molar-refractivity contribution >= 4 is 11.9 Å². The minimum atomic E-state index is -0.155. The van der Waals surface area contributed by atoms with Crippen molar-refractivity contribution in [3.05, 3.63) is 54.0 Å². The average Bonchev–Trinajstić information content (AvgIpc) is 2.77. The zero-order valence-corrected chi connectivity index (χ0v) is 17.9. The highest BCUT2D eigenvalue weighted by Gasteiger charge is 2.55. The maximum absolute atomic E-state index is 12.8. The SMILES string of the molecule is N#Cc1cnc(N2CC3CC(C2)N3C(=O)OC2CC3(C2)CN(Cc2ccccc2)C3)cn1. The van der Waals surface area contributed by atoms with Gasteiger partial charge in [0.1, 0.15) is 18.0 Å². The van der Waals surface area contributed by atoms with Gasteiger partial charge in [0.25, 0.3) is 0 Å². The van der Waals surface area contributed by atoms with E-state index in [2.05, 4.69) is 50.1 Å². The van der Waals surface area contributed by atoms with Gasteiger partial charge >= 0.3 is 6.09 Å². The van der Waals surface area contributed by atoms with Gasteiger partial charge in [-0.2, -0.15) is 5.26 Å². The van der Waals surface area contributed by atoms with Gasteiger partial charge < -0.3 is 9.64 Å². The Balaban J connectivity index is 0.962. The lowest BCUT2D eigenvalue weighted by molar-refractivity contribution is -0.142. The highest BCUT2D eigenvalue weighted by Crippen LogP contribution is 2.50. The van der Waals surface area contributed by atoms with Crippen molar-refractivity contribution < 1.29 is 9.53 Å². The standard InChI is InChI=1S/C24H26N6O2/c25-9-18-10-27-22(11-26-18)29-13-19-6-20(14-29)30(19)23(31)32-21-7-24(8-21)15-28(16-24)12-17-4-2-1-3-5-17/h1-5,10-11,19-21H,6-8,12-16H2. The number of hydrogen-bond donors (Lipinski definition) is 0. The number of piperidine rings is 1. The molecule has 0 radical (unpaired) electrons. The molecule has 2 unspecified atom stereocenters. The second kappa shape index (κ2) is 7.45. The fourth-order valence-corrected chi connectivity index (χ4v) is 5.94. The van der Waals surface area contributed by atoms with Gasteiger partial charge in [-0.05, 0) is 24.8 Å². The molecular formula is C24H26N6O2. The van der Waals surface area contributed by atoms with Gasteiger partial charge in [0, 0.05) is 38.1 Å². The van der Waals surface area contributed by atoms with Crippen LogP contribution in [0.15, 0.2) is 42.7 Å². The van der Waals surface area contributed by atoms with Crippen molar-refractivity contribution in [2.45, 2.75) is 44.0 Å². The first kappa shape index (κ1) is 19.5. The summed E-state index contributed by atoms with van der Waals surface area (Å²) in [5, 5.41) is 8.88. The molecule has 8 nitrogen and oxygen atoms in total. The summed E-state index contributed by atoms with van der Waals surface area (Å²) in [5.74, 6) is 0.762. The number of nitriles is 1. The molecule has 8 heteroatoms. The third-order valence-corrected chi connectivity index (χ3v) is 7.44. The van der Waals surface area contributed by atoms with Crippen molar-refractivity contribution in [2.24, 2.45) is 5.41 Å². The Kier molecular flexibility index (Phi) is 4.54. The predicted molar refractivity (Wildman–Crippen MR) is 117 cm³/mol. The average molecular weight is 431 g/mol. The molecule has 4 aliphatic heterocycles. The number of rotatable bonds is 4. The van der Waals surface area contributed by atoms with Crippen LogP contribution in [0.1, 0.15) is 30.5 Å². The van der Waals surface area contributed by atoms with Gasteiger partial charge in [0.05, 0.1) is 24.5 Å². The number of fused-ring (bicyclic) bond motifs is 2. The summed E-state index contributed by atoms with van der Waals surface area (Å²) in [6.07, 6.45) is 6.02. The number of carbonyl (C=O) groups is 1. The third kappa shape index (κ3) is 3.37. The Morgan fingerprint density at radius 3 is 2.53 bits per heavy atom. The van der Waals surface area contributed by atoms with Crippen molar-refractivity contribution in [3.63, 3.8) is 0 Å². The van der Waals surface area contributed by atoms with Crippen LogP contribution in [-0.2, 0) is 11.3 Å². The van der Waals surface area contributed by atoms with Crippen LogP contribution in [0.4, 0.5) is 10.6 Å². The Morgan fingerprint density at radius 1 is 1.12 bits per heavy atom. The lowest BCUT2D eigenvalue weighted by Crippen LogP contribution is -2.71. The van der Waals surface area contributed by atoms with Crippen LogP contribution in [0.5, 0.6) is 0 Å². The molecule has 5 heterocycles. The van der Waals surface area contributed by atoms with Crippen LogP contribution in [-0.4, -0.2) is 70.2 Å². The topological polar surface area (TPSA) is 85.6 Å². The van der Waals surface area contributed by atoms with Crippen molar-refractivity contribution in [3.8, 4) is 6.07 Å². The predicted octanol–water partition coefficient (Wildman–Crippen LogP) is 2.41. The molecule has 7 rings (SSSR count). The summed E-state index contributed by atoms with van der Waals surface area (Å²) in [4.78, 5) is 27.8. The number of benzene rings is 1. The minimum absolute atomic E-state index is 0.0585. The van der Waals surface area contributed by atoms with Gasteiger partial charge in [-0.1, -0.05) is 30.3 Å². The fourth-order valence-electron chi connectivity index (χ4n) is 5.94. The van der Waals surface area contributed by atoms with Gasteiger partial charge in [-0.3, -0.25) is 9.80 Å². The van der Waals surface area contributed by atoms with Crippen LogP contribution in [0.3, 0.4) is 0 Å². The fraction of sp³-hybridized carbons (Fsp3) is 0.500. The third-order valence-electron chi connectivity index (χ3n) is 7.44. The van der Waals surface area contributed by atoms with Crippen molar-refractivity contribution in [1.82, 2.24) is 19.8 Å². The highest BCUT2D eigenvalue weighted by atomic mass is 16.6. The molecule has 2 aromatic rings. The van der Waals surface area contributed by atoms with E-state index in [0.717, 1.165) is 57.8 Å². The number of amides is 1. The van der Waals surface area contributed by atoms with E-state index in [1.807, 2.05) is 11.0 Å². The lowest BCUT2D eigenvalue weighted by Gasteiger charge is -2.59. The first-order valence-electron chi connectivity index (χ1n) is 11.3. The molecule has 5 aliphatic rings. The largest absolute Gasteiger partial charge is 0.446 e. The van der Waals surface area contributed by atoms with E-state index in [0.29, 0.717) is 11.1 Å². The van der Waals surface area contributed by atoms with Crippen LogP contribution in [0, 0.1) is 16.7 Å². The summed E-state index contributed by atoms with van der Waals surface area (Å²) < 4.78 is 5.87. The number of carbonyl (C=O) groups excluding carboxylic acids is 1. The number of ether oxygens (including phenoxy) is 1. The first-order valence-corrected chi connectivity index (χ1v) is 11.3. The van der Waals surface area contributed by atoms with E-state index in [1.54, 1.807) is 6.20 Å². The van der Waals surface area contributed by atoms with E-state index in [4.69, 9.17) is 10.00 Å². The Morgan fingerprint density at radius 2 is 1.88 bits per heavy atom. The number of piperazine rings is 1. The molecule has 1 aromatic carbocycles. The van der Waals surface area contributed by atoms with E-state index in [9.17, 15) is 4.79 Å². The van der Waals surface area contributed by atoms with Gasteiger partial charge in [0.15, 0.2) is 5.69 Å². The summed E-state index contributed by atoms with van der Waals surface area (Å²) in [6.45, 7) is 4.67. The molecule has 2 atom stereocenters. The molecule has 1 spiro atoms. The molecule has 32 heavy (non-hydrogen) atoms. The van der Waals surface area contributed by atoms with Crippen LogP contribution >= 0.6 is 0 Å². The summed E-state index contributed by atoms with van der Waals surface area (Å²) in [5.41, 5.74) is 2.03. The Hall–Kier alpha value is -3.18. The molecule has 4 saturated heterocycles. The smallest absolute Gasteiger partial charge is 0.410 e. The highest BCUT2D eigenvalue weighted by molar-refractivity contribution is 5.71. The van der Waals surface area contributed by atoms with E-state index in [-0.39, 0.29) is 24.3 Å². The monoisotopic (exact) mass is 430 g/mol. The maximum atomic E-state index is 12.8. The summed E-state index contributed by atoms with van der Waals surface area (Å²) in [6, 6.07) is 12.9. The molecule has 0 N–H and O–H groups in total. The normalized spacial score (nSPS) is 26.0. The van der Waals surface area contributed by atoms with Crippen LogP contribution in [0.25, 0.3) is 0 Å². The summed E-state index contributed by atoms with van der Waals surface area (Å²) >= 11 is 0. The lowest BCUT2D eigenvalue weighted by atomic mass is 9.61. The second-order valence-electron chi connectivity index (χ2n) is 9.77. The zero-order valence-electron chi connectivity index (χ0n) is 17.9. The Labute approximate surface area is 187 Å². The molecule has 1 aliphatic carbocycles. The zero-order chi connectivity index (χ0) is 21.7. The summed E-state index contributed by atoms with van der Waals surface area (Å²) in [7, 11) is 0. The molecule has 1 saturated carbocycles. The minimum Gasteiger partial charge on any atom is -0.446 e. The number of aromatic nitrogens is 2. The molecule has 164 valence electrons. The number of nitrogens with zero attached hydrogens (tertiary/aromatic N) is 6. The van der Waals surface area contributed by atoms with Crippen LogP contribution in [0.2, 0.25) is 0 Å². The number of likely N-dealkylation sites (tertiary alicyclic amines) is 1. The van der Waals surface area contributed by atoms with Crippen LogP contribution < -0.4 is 4.90 Å². The molecule has 1 amide bonds. The maximum Gasteiger partial charge on any atom is 0.410 e. The molecular weight excluding hydrogens is 404 g/mol. The van der Waals surface area contributed by atoms with E-state index >= 15 is 0 Å². The number of hydrogen-bond acceptors (Lipinski definition) is 7. The van der Waals surface area contributed by atoms with Gasteiger partial charge in [-0.25, -0.2) is 14.8 Å². The van der Waals surface area contributed by atoms with Gasteiger partial charge in [0.2, 0.25) is 0 Å². The van der Waals surface area contributed by atoms with E-state index in [1.165, 1.54) is 11.8 Å². The number of anilines is 1. The molecule has 5 fully saturated rings. The molecule has 2 bridgehead atoms. The van der Waals surface area contributed by atoms with Crippen molar-refractivity contribution in [2.75, 3.05) is 31.1 Å². The Bertz CT molecular complexity index is 1030. The second-order valence-corrected chi connectivity index (χ2v) is 9.77.